The molecule has 1 saturated heterocycles. The first-order chi connectivity index (χ1) is 10.2. The molecule has 6 heteroatoms. The third-order valence-corrected chi connectivity index (χ3v) is 3.84. The molecular weight excluding hydrogens is 300 g/mol. The minimum absolute atomic E-state index is 0. The highest BCUT2D eigenvalue weighted by atomic mass is 35.5. The van der Waals surface area contributed by atoms with Crippen LogP contribution in [0.25, 0.3) is 5.69 Å². The van der Waals surface area contributed by atoms with Crippen LogP contribution in [0.1, 0.15) is 28.9 Å². The van der Waals surface area contributed by atoms with E-state index in [4.69, 9.17) is 0 Å². The number of rotatable bonds is 4. The van der Waals surface area contributed by atoms with Gasteiger partial charge in [-0.3, -0.25) is 4.79 Å². The third-order valence-electron chi connectivity index (χ3n) is 3.84. The molecule has 0 aliphatic carbocycles. The maximum absolute atomic E-state index is 12.3. The first kappa shape index (κ1) is 16.5. The van der Waals surface area contributed by atoms with Crippen LogP contribution in [0, 0.1) is 6.92 Å². The molecule has 1 aliphatic heterocycles. The van der Waals surface area contributed by atoms with Crippen molar-refractivity contribution in [2.24, 2.45) is 0 Å². The predicted octanol–water partition coefficient (Wildman–Crippen LogP) is 2.08. The summed E-state index contributed by atoms with van der Waals surface area (Å²) < 4.78 is 1.75. The monoisotopic (exact) mass is 320 g/mol. The molecule has 5 nitrogen and oxygen atoms in total. The van der Waals surface area contributed by atoms with Crippen LogP contribution in [-0.4, -0.2) is 34.8 Å². The maximum atomic E-state index is 12.3. The average molecular weight is 321 g/mol. The van der Waals surface area contributed by atoms with Crippen LogP contribution < -0.4 is 10.6 Å². The molecule has 0 saturated carbocycles. The van der Waals surface area contributed by atoms with E-state index in [-0.39, 0.29) is 18.3 Å². The van der Waals surface area contributed by atoms with E-state index in [0.29, 0.717) is 18.2 Å². The van der Waals surface area contributed by atoms with Crippen molar-refractivity contribution >= 4 is 18.3 Å². The van der Waals surface area contributed by atoms with Gasteiger partial charge in [-0.1, -0.05) is 18.2 Å². The lowest BCUT2D eigenvalue weighted by atomic mass is 10.2. The Bertz CT molecular complexity index is 620. The van der Waals surface area contributed by atoms with Gasteiger partial charge in [-0.2, -0.15) is 5.10 Å². The standard InChI is InChI=1S/C16H20N4O.ClH/c1-12-15(16(21)18-10-13-6-5-9-17-13)11-20(19-12)14-7-3-2-4-8-14;/h2-4,7-8,11,13,17H,5-6,9-10H2,1H3,(H,18,21);1H. The summed E-state index contributed by atoms with van der Waals surface area (Å²) in [5.41, 5.74) is 2.34. The Labute approximate surface area is 136 Å². The summed E-state index contributed by atoms with van der Waals surface area (Å²) >= 11 is 0. The summed E-state index contributed by atoms with van der Waals surface area (Å²) in [6.45, 7) is 3.59. The molecule has 1 atom stereocenters. The highest BCUT2D eigenvalue weighted by Crippen LogP contribution is 2.12. The van der Waals surface area contributed by atoms with Gasteiger partial charge in [0.05, 0.1) is 16.9 Å². The van der Waals surface area contributed by atoms with Gasteiger partial charge in [-0.15, -0.1) is 12.4 Å². The fourth-order valence-electron chi connectivity index (χ4n) is 2.64. The second-order valence-electron chi connectivity index (χ2n) is 5.41. The second-order valence-corrected chi connectivity index (χ2v) is 5.41. The fourth-order valence-corrected chi connectivity index (χ4v) is 2.64. The van der Waals surface area contributed by atoms with Crippen molar-refractivity contribution in [1.29, 1.82) is 0 Å². The van der Waals surface area contributed by atoms with Gasteiger partial charge in [-0.05, 0) is 38.4 Å². The zero-order valence-corrected chi connectivity index (χ0v) is 13.4. The van der Waals surface area contributed by atoms with E-state index < -0.39 is 0 Å². The fraction of sp³-hybridized carbons (Fsp3) is 0.375. The van der Waals surface area contributed by atoms with E-state index in [2.05, 4.69) is 15.7 Å². The molecule has 1 aromatic carbocycles. The van der Waals surface area contributed by atoms with E-state index in [1.165, 1.54) is 6.42 Å². The van der Waals surface area contributed by atoms with Gasteiger partial charge in [0.1, 0.15) is 0 Å². The average Bonchev–Trinajstić information content (AvgIpc) is 3.15. The quantitative estimate of drug-likeness (QED) is 0.907. The number of halogens is 1. The molecule has 1 aromatic heterocycles. The molecule has 0 radical (unpaired) electrons. The van der Waals surface area contributed by atoms with Gasteiger partial charge in [0.2, 0.25) is 0 Å². The van der Waals surface area contributed by atoms with Gasteiger partial charge in [-0.25, -0.2) is 4.68 Å². The highest BCUT2D eigenvalue weighted by Gasteiger charge is 2.18. The van der Waals surface area contributed by atoms with E-state index in [9.17, 15) is 4.79 Å². The molecule has 2 heterocycles. The first-order valence-corrected chi connectivity index (χ1v) is 7.37. The van der Waals surface area contributed by atoms with Gasteiger partial charge in [0.25, 0.3) is 5.91 Å². The Morgan fingerprint density at radius 2 is 2.18 bits per heavy atom. The number of carbonyl (C=O) groups is 1. The Morgan fingerprint density at radius 3 is 2.86 bits per heavy atom. The van der Waals surface area contributed by atoms with E-state index in [1.807, 2.05) is 37.3 Å². The Morgan fingerprint density at radius 1 is 1.41 bits per heavy atom. The molecule has 2 N–H and O–H groups in total. The molecule has 118 valence electrons. The van der Waals surface area contributed by atoms with Crippen LogP contribution in [0.4, 0.5) is 0 Å². The number of nitrogens with zero attached hydrogens (tertiary/aromatic N) is 2. The molecule has 1 fully saturated rings. The van der Waals surface area contributed by atoms with Gasteiger partial charge >= 0.3 is 0 Å². The number of aromatic nitrogens is 2. The van der Waals surface area contributed by atoms with Crippen LogP contribution in [0.2, 0.25) is 0 Å². The molecule has 1 aliphatic rings. The van der Waals surface area contributed by atoms with Crippen LogP contribution in [0.3, 0.4) is 0 Å². The largest absolute Gasteiger partial charge is 0.350 e. The summed E-state index contributed by atoms with van der Waals surface area (Å²) in [5.74, 6) is -0.0524. The van der Waals surface area contributed by atoms with E-state index >= 15 is 0 Å². The molecule has 0 bridgehead atoms. The van der Waals surface area contributed by atoms with Crippen molar-refractivity contribution in [2.45, 2.75) is 25.8 Å². The summed E-state index contributed by atoms with van der Waals surface area (Å²) in [6, 6.07) is 10.2. The smallest absolute Gasteiger partial charge is 0.254 e. The van der Waals surface area contributed by atoms with Crippen molar-refractivity contribution in [3.8, 4) is 5.69 Å². The third kappa shape index (κ3) is 3.67. The normalized spacial score (nSPS) is 17.0. The minimum atomic E-state index is -0.0524. The van der Waals surface area contributed by atoms with E-state index in [1.54, 1.807) is 10.9 Å². The number of benzene rings is 1. The number of nitrogens with one attached hydrogen (secondary N) is 2. The van der Waals surface area contributed by atoms with E-state index in [0.717, 1.165) is 24.3 Å². The molecular formula is C16H21ClN4O. The minimum Gasteiger partial charge on any atom is -0.350 e. The SMILES string of the molecule is Cc1nn(-c2ccccc2)cc1C(=O)NCC1CCCN1.Cl. The Kier molecular flexibility index (Phi) is 5.57. The topological polar surface area (TPSA) is 59.0 Å². The van der Waals surface area contributed by atoms with Crippen LogP contribution in [0.5, 0.6) is 0 Å². The number of para-hydroxylation sites is 1. The van der Waals surface area contributed by atoms with Crippen molar-refractivity contribution in [3.63, 3.8) is 0 Å². The summed E-state index contributed by atoms with van der Waals surface area (Å²) in [4.78, 5) is 12.3. The molecule has 0 spiro atoms. The number of aryl methyl sites for hydroxylation is 1. The van der Waals surface area contributed by atoms with Crippen molar-refractivity contribution in [1.82, 2.24) is 20.4 Å². The molecule has 2 aromatic rings. The zero-order chi connectivity index (χ0) is 14.7. The van der Waals surface area contributed by atoms with Crippen molar-refractivity contribution < 1.29 is 4.79 Å². The predicted molar refractivity (Wildman–Crippen MR) is 88.9 cm³/mol. The van der Waals surface area contributed by atoms with Crippen LogP contribution in [0.15, 0.2) is 36.5 Å². The van der Waals surface area contributed by atoms with Crippen molar-refractivity contribution in [2.75, 3.05) is 13.1 Å². The summed E-state index contributed by atoms with van der Waals surface area (Å²) in [6.07, 6.45) is 4.11. The number of amides is 1. The van der Waals surface area contributed by atoms with Crippen molar-refractivity contribution in [3.05, 3.63) is 47.8 Å². The number of hydrogen-bond acceptors (Lipinski definition) is 3. The van der Waals surface area contributed by atoms with Gasteiger partial charge in [0, 0.05) is 18.8 Å². The van der Waals surface area contributed by atoms with Gasteiger partial charge in [0.15, 0.2) is 0 Å². The Hall–Kier alpha value is -1.85. The molecule has 3 rings (SSSR count). The molecule has 1 unspecified atom stereocenters. The Balaban J connectivity index is 0.00000176. The maximum Gasteiger partial charge on any atom is 0.254 e. The zero-order valence-electron chi connectivity index (χ0n) is 12.6. The first-order valence-electron chi connectivity index (χ1n) is 7.37. The number of carbonyl (C=O) groups excluding carboxylic acids is 1. The van der Waals surface area contributed by atoms with Crippen LogP contribution in [-0.2, 0) is 0 Å². The lowest BCUT2D eigenvalue weighted by molar-refractivity contribution is 0.0949. The summed E-state index contributed by atoms with van der Waals surface area (Å²) in [7, 11) is 0. The molecule has 1 amide bonds. The summed E-state index contributed by atoms with van der Waals surface area (Å²) in [5, 5.41) is 10.8. The lowest BCUT2D eigenvalue weighted by Gasteiger charge is -2.10. The molecule has 22 heavy (non-hydrogen) atoms. The van der Waals surface area contributed by atoms with Crippen LogP contribution >= 0.6 is 12.4 Å². The highest BCUT2D eigenvalue weighted by molar-refractivity contribution is 5.95. The second kappa shape index (κ2) is 7.42. The number of hydrogen-bond donors (Lipinski definition) is 2. The van der Waals surface area contributed by atoms with Gasteiger partial charge < -0.3 is 10.6 Å². The lowest BCUT2D eigenvalue weighted by Crippen LogP contribution is -2.37.